The van der Waals surface area contributed by atoms with Crippen LogP contribution in [-0.2, 0) is 0 Å². The topological polar surface area (TPSA) is 71.5 Å². The molecule has 2 aromatic rings. The van der Waals surface area contributed by atoms with Gasteiger partial charge in [0.25, 0.3) is 0 Å². The zero-order chi connectivity index (χ0) is 12.4. The lowest BCUT2D eigenvalue weighted by atomic mass is 10.1. The zero-order valence-corrected chi connectivity index (χ0v) is 9.44. The van der Waals surface area contributed by atoms with Gasteiger partial charge in [0.05, 0.1) is 5.56 Å². The summed E-state index contributed by atoms with van der Waals surface area (Å²) in [4.78, 5) is 0. The average Bonchev–Trinajstić information content (AvgIpc) is 2.75. The molecule has 0 unspecified atom stereocenters. The fourth-order valence-corrected chi connectivity index (χ4v) is 1.44. The standard InChI is InChI=1S/C10H7ClFN3O2/c1-5-13-14-10(17-5)6-2-3-7(8(12)4-6)9(11)15-16/h2-4,16H,1H3/b15-9+. The number of aryl methyl sites for hydroxylation is 1. The van der Waals surface area contributed by atoms with Crippen molar-refractivity contribution in [2.24, 2.45) is 5.16 Å². The third-order valence-electron chi connectivity index (χ3n) is 2.05. The molecule has 0 amide bonds. The number of halogens is 2. The number of aromatic nitrogens is 2. The molecule has 1 aromatic heterocycles. The zero-order valence-electron chi connectivity index (χ0n) is 8.69. The summed E-state index contributed by atoms with van der Waals surface area (Å²) in [6.07, 6.45) is 0. The first-order valence-electron chi connectivity index (χ1n) is 4.60. The Kier molecular flexibility index (Phi) is 3.06. The van der Waals surface area contributed by atoms with Crippen LogP contribution in [0.3, 0.4) is 0 Å². The van der Waals surface area contributed by atoms with Crippen LogP contribution in [0.15, 0.2) is 27.8 Å². The third kappa shape index (κ3) is 2.26. The Morgan fingerprint density at radius 2 is 2.24 bits per heavy atom. The van der Waals surface area contributed by atoms with Gasteiger partial charge in [0.1, 0.15) is 5.82 Å². The number of hydrogen-bond donors (Lipinski definition) is 1. The van der Waals surface area contributed by atoms with E-state index in [4.69, 9.17) is 21.2 Å². The van der Waals surface area contributed by atoms with Gasteiger partial charge in [0.15, 0.2) is 5.17 Å². The Morgan fingerprint density at radius 3 is 2.76 bits per heavy atom. The van der Waals surface area contributed by atoms with Crippen molar-refractivity contribution in [2.75, 3.05) is 0 Å². The Bertz CT molecular complexity index is 583. The largest absolute Gasteiger partial charge is 0.421 e. The molecule has 0 aliphatic rings. The highest BCUT2D eigenvalue weighted by Gasteiger charge is 2.12. The lowest BCUT2D eigenvalue weighted by Gasteiger charge is -2.00. The minimum atomic E-state index is -0.638. The maximum absolute atomic E-state index is 13.6. The second-order valence-corrected chi connectivity index (χ2v) is 3.57. The molecular weight excluding hydrogens is 249 g/mol. The Balaban J connectivity index is 2.44. The highest BCUT2D eigenvalue weighted by molar-refractivity contribution is 6.69. The molecule has 1 N–H and O–H groups in total. The van der Waals surface area contributed by atoms with E-state index in [0.717, 1.165) is 0 Å². The lowest BCUT2D eigenvalue weighted by molar-refractivity contribution is 0.320. The molecule has 1 heterocycles. The second-order valence-electron chi connectivity index (χ2n) is 3.21. The van der Waals surface area contributed by atoms with E-state index < -0.39 is 5.82 Å². The van der Waals surface area contributed by atoms with Crippen LogP contribution in [0.5, 0.6) is 0 Å². The predicted octanol–water partition coefficient (Wildman–Crippen LogP) is 2.56. The summed E-state index contributed by atoms with van der Waals surface area (Å²) in [6.45, 7) is 1.64. The van der Waals surface area contributed by atoms with E-state index in [0.29, 0.717) is 11.5 Å². The van der Waals surface area contributed by atoms with E-state index in [1.807, 2.05) is 0 Å². The van der Waals surface area contributed by atoms with Gasteiger partial charge in [0, 0.05) is 12.5 Å². The summed E-state index contributed by atoms with van der Waals surface area (Å²) in [7, 11) is 0. The molecule has 0 saturated carbocycles. The van der Waals surface area contributed by atoms with Crippen molar-refractivity contribution in [3.8, 4) is 11.5 Å². The molecule has 0 spiro atoms. The molecule has 17 heavy (non-hydrogen) atoms. The molecule has 88 valence electrons. The monoisotopic (exact) mass is 255 g/mol. The van der Waals surface area contributed by atoms with Crippen LogP contribution in [0.2, 0.25) is 0 Å². The predicted molar refractivity (Wildman–Crippen MR) is 58.6 cm³/mol. The summed E-state index contributed by atoms with van der Waals surface area (Å²) < 4.78 is 18.8. The van der Waals surface area contributed by atoms with Crippen LogP contribution < -0.4 is 0 Å². The van der Waals surface area contributed by atoms with E-state index in [9.17, 15) is 4.39 Å². The fraction of sp³-hybridized carbons (Fsp3) is 0.100. The van der Waals surface area contributed by atoms with Crippen LogP contribution >= 0.6 is 11.6 Å². The SMILES string of the molecule is Cc1nnc(-c2ccc(/C(Cl)=N\O)c(F)c2)o1. The van der Waals surface area contributed by atoms with E-state index in [-0.39, 0.29) is 16.6 Å². The summed E-state index contributed by atoms with van der Waals surface area (Å²) in [6, 6.07) is 4.08. The molecule has 0 radical (unpaired) electrons. The summed E-state index contributed by atoms with van der Waals surface area (Å²) in [5.74, 6) is -0.0365. The molecule has 1 aromatic carbocycles. The van der Waals surface area contributed by atoms with Crippen molar-refractivity contribution in [3.63, 3.8) is 0 Å². The van der Waals surface area contributed by atoms with Gasteiger partial charge in [-0.05, 0) is 18.2 Å². The minimum absolute atomic E-state index is 0.00541. The first-order valence-corrected chi connectivity index (χ1v) is 4.97. The van der Waals surface area contributed by atoms with Gasteiger partial charge >= 0.3 is 0 Å². The maximum atomic E-state index is 13.6. The normalized spacial score (nSPS) is 11.8. The molecule has 0 saturated heterocycles. The number of rotatable bonds is 2. The van der Waals surface area contributed by atoms with E-state index in [2.05, 4.69) is 15.4 Å². The average molecular weight is 256 g/mol. The van der Waals surface area contributed by atoms with Gasteiger partial charge in [-0.3, -0.25) is 0 Å². The Hall–Kier alpha value is -1.95. The van der Waals surface area contributed by atoms with Crippen molar-refractivity contribution < 1.29 is 14.0 Å². The van der Waals surface area contributed by atoms with Crippen molar-refractivity contribution in [1.82, 2.24) is 10.2 Å². The van der Waals surface area contributed by atoms with Crippen molar-refractivity contribution in [2.45, 2.75) is 6.92 Å². The van der Waals surface area contributed by atoms with Crippen molar-refractivity contribution >= 4 is 16.8 Å². The molecule has 5 nitrogen and oxygen atoms in total. The molecule has 0 fully saturated rings. The summed E-state index contributed by atoms with van der Waals surface area (Å²) in [5, 5.41) is 18.2. The fourth-order valence-electron chi connectivity index (χ4n) is 1.28. The van der Waals surface area contributed by atoms with Crippen LogP contribution in [-0.4, -0.2) is 20.6 Å². The summed E-state index contributed by atoms with van der Waals surface area (Å²) in [5.41, 5.74) is 0.420. The molecule has 7 heteroatoms. The second kappa shape index (κ2) is 4.50. The number of nitrogens with zero attached hydrogens (tertiary/aromatic N) is 3. The van der Waals surface area contributed by atoms with Gasteiger partial charge in [-0.15, -0.1) is 10.2 Å². The first-order chi connectivity index (χ1) is 8.11. The molecule has 0 aliphatic carbocycles. The molecule has 0 bridgehead atoms. The van der Waals surface area contributed by atoms with Gasteiger partial charge in [0.2, 0.25) is 11.8 Å². The number of hydrogen-bond acceptors (Lipinski definition) is 5. The van der Waals surface area contributed by atoms with Crippen LogP contribution in [0.4, 0.5) is 4.39 Å². The highest BCUT2D eigenvalue weighted by atomic mass is 35.5. The van der Waals surface area contributed by atoms with E-state index in [1.54, 1.807) is 13.0 Å². The lowest BCUT2D eigenvalue weighted by Crippen LogP contribution is -1.96. The Labute approximate surface area is 101 Å². The van der Waals surface area contributed by atoms with Gasteiger partial charge in [-0.1, -0.05) is 16.8 Å². The van der Waals surface area contributed by atoms with Crippen LogP contribution in [0.25, 0.3) is 11.5 Å². The Morgan fingerprint density at radius 1 is 1.47 bits per heavy atom. The van der Waals surface area contributed by atoms with Gasteiger partial charge in [-0.2, -0.15) is 0 Å². The quantitative estimate of drug-likeness (QED) is 0.509. The molecular formula is C10H7ClFN3O2. The van der Waals surface area contributed by atoms with Gasteiger partial charge < -0.3 is 9.62 Å². The van der Waals surface area contributed by atoms with E-state index in [1.165, 1.54) is 12.1 Å². The molecule has 0 atom stereocenters. The summed E-state index contributed by atoms with van der Waals surface area (Å²) >= 11 is 5.51. The smallest absolute Gasteiger partial charge is 0.247 e. The van der Waals surface area contributed by atoms with E-state index >= 15 is 0 Å². The molecule has 2 rings (SSSR count). The van der Waals surface area contributed by atoms with Crippen LogP contribution in [0, 0.1) is 12.7 Å². The number of oxime groups is 1. The van der Waals surface area contributed by atoms with Crippen molar-refractivity contribution in [1.29, 1.82) is 0 Å². The molecule has 0 aliphatic heterocycles. The van der Waals surface area contributed by atoms with Gasteiger partial charge in [-0.25, -0.2) is 4.39 Å². The number of benzene rings is 1. The maximum Gasteiger partial charge on any atom is 0.247 e. The van der Waals surface area contributed by atoms with Crippen LogP contribution in [0.1, 0.15) is 11.5 Å². The third-order valence-corrected chi connectivity index (χ3v) is 2.33. The highest BCUT2D eigenvalue weighted by Crippen LogP contribution is 2.21. The minimum Gasteiger partial charge on any atom is -0.421 e. The first kappa shape index (κ1) is 11.5. The van der Waals surface area contributed by atoms with Crippen molar-refractivity contribution in [3.05, 3.63) is 35.5 Å².